The first-order valence-electron chi connectivity index (χ1n) is 7.98. The molecule has 0 aliphatic rings. The van der Waals surface area contributed by atoms with Crippen LogP contribution in [0.4, 0.5) is 0 Å². The molecular formula is C22H20N2. The lowest BCUT2D eigenvalue weighted by molar-refractivity contribution is 0.464. The second-order valence-corrected chi connectivity index (χ2v) is 5.89. The molecule has 3 rings (SSSR count). The van der Waals surface area contributed by atoms with E-state index >= 15 is 0 Å². The van der Waals surface area contributed by atoms with Gasteiger partial charge >= 0.3 is 0 Å². The maximum Gasteiger partial charge on any atom is 0.121 e. The summed E-state index contributed by atoms with van der Waals surface area (Å²) < 4.78 is 0. The Balaban J connectivity index is 2.07. The second-order valence-electron chi connectivity index (χ2n) is 5.89. The predicted molar refractivity (Wildman–Crippen MR) is 101 cm³/mol. The van der Waals surface area contributed by atoms with Crippen LogP contribution >= 0.6 is 0 Å². The van der Waals surface area contributed by atoms with Crippen molar-refractivity contribution in [2.24, 2.45) is 0 Å². The first kappa shape index (κ1) is 16.0. The summed E-state index contributed by atoms with van der Waals surface area (Å²) in [5.41, 5.74) is 5.30. The molecule has 0 aliphatic carbocycles. The maximum atomic E-state index is 4.64. The third-order valence-corrected chi connectivity index (χ3v) is 3.68. The van der Waals surface area contributed by atoms with Gasteiger partial charge in [0.15, 0.2) is 0 Å². The molecule has 2 nitrogen and oxygen atoms in total. The highest BCUT2D eigenvalue weighted by Crippen LogP contribution is 2.27. The zero-order valence-electron chi connectivity index (χ0n) is 14.0. The van der Waals surface area contributed by atoms with Crippen LogP contribution in [0.5, 0.6) is 0 Å². The highest BCUT2D eigenvalue weighted by molar-refractivity contribution is 5.75. The van der Waals surface area contributed by atoms with Crippen molar-refractivity contribution in [3.8, 4) is 34.1 Å². The molecule has 1 heterocycles. The molecule has 0 radical (unpaired) electrons. The molecule has 0 spiro atoms. The standard InChI is InChI=1S/C22H20N2/c1-24(2)15-9-14-22-21(19-12-7-4-8-13-19)16-20(17-23-22)18-10-5-3-6-11-18/h3-8,10-13,16-17H,15H2,1-2H3. The van der Waals surface area contributed by atoms with Crippen molar-refractivity contribution in [3.63, 3.8) is 0 Å². The Hall–Kier alpha value is -2.89. The Morgan fingerprint density at radius 1 is 0.833 bits per heavy atom. The van der Waals surface area contributed by atoms with Gasteiger partial charge in [-0.1, -0.05) is 66.6 Å². The summed E-state index contributed by atoms with van der Waals surface area (Å²) in [5, 5.41) is 0. The summed E-state index contributed by atoms with van der Waals surface area (Å²) in [6.07, 6.45) is 1.90. The SMILES string of the molecule is CN(C)CC#Cc1ncc(-c2ccccc2)cc1-c1ccccc1. The number of pyridine rings is 1. The van der Waals surface area contributed by atoms with Gasteiger partial charge in [-0.15, -0.1) is 0 Å². The van der Waals surface area contributed by atoms with E-state index in [1.165, 1.54) is 0 Å². The van der Waals surface area contributed by atoms with Gasteiger partial charge in [-0.25, -0.2) is 4.98 Å². The fourth-order valence-electron chi connectivity index (χ4n) is 2.47. The molecule has 0 unspecified atom stereocenters. The quantitative estimate of drug-likeness (QED) is 0.669. The molecular weight excluding hydrogens is 292 g/mol. The van der Waals surface area contributed by atoms with Crippen LogP contribution < -0.4 is 0 Å². The minimum atomic E-state index is 0.719. The summed E-state index contributed by atoms with van der Waals surface area (Å²) in [4.78, 5) is 6.69. The molecule has 0 saturated carbocycles. The van der Waals surface area contributed by atoms with Gasteiger partial charge in [0.1, 0.15) is 5.69 Å². The minimum absolute atomic E-state index is 0.719. The summed E-state index contributed by atoms with van der Waals surface area (Å²) in [7, 11) is 4.03. The number of rotatable bonds is 3. The van der Waals surface area contributed by atoms with Crippen molar-refractivity contribution in [1.82, 2.24) is 9.88 Å². The summed E-state index contributed by atoms with van der Waals surface area (Å²) in [6.45, 7) is 0.719. The first-order valence-corrected chi connectivity index (χ1v) is 7.98. The van der Waals surface area contributed by atoms with E-state index in [2.05, 4.69) is 47.2 Å². The van der Waals surface area contributed by atoms with Gasteiger partial charge in [0, 0.05) is 17.3 Å². The number of hydrogen-bond acceptors (Lipinski definition) is 2. The molecule has 0 N–H and O–H groups in total. The van der Waals surface area contributed by atoms with Crippen LogP contribution in [0, 0.1) is 11.8 Å². The lowest BCUT2D eigenvalue weighted by Crippen LogP contribution is -2.10. The Morgan fingerprint density at radius 2 is 1.46 bits per heavy atom. The van der Waals surface area contributed by atoms with Gasteiger partial charge in [0.05, 0.1) is 6.54 Å². The third kappa shape index (κ3) is 3.90. The van der Waals surface area contributed by atoms with Crippen LogP contribution in [0.15, 0.2) is 72.9 Å². The Labute approximate surface area is 143 Å². The molecule has 0 bridgehead atoms. The zero-order chi connectivity index (χ0) is 16.8. The lowest BCUT2D eigenvalue weighted by atomic mass is 9.99. The number of hydrogen-bond donors (Lipinski definition) is 0. The topological polar surface area (TPSA) is 16.1 Å². The van der Waals surface area contributed by atoms with Gasteiger partial charge in [-0.2, -0.15) is 0 Å². The second kappa shape index (κ2) is 7.59. The Morgan fingerprint density at radius 3 is 2.08 bits per heavy atom. The highest BCUT2D eigenvalue weighted by atomic mass is 15.0. The molecule has 3 aromatic rings. The Bertz CT molecular complexity index is 857. The van der Waals surface area contributed by atoms with E-state index in [4.69, 9.17) is 0 Å². The average molecular weight is 312 g/mol. The van der Waals surface area contributed by atoms with Crippen molar-refractivity contribution in [2.45, 2.75) is 0 Å². The van der Waals surface area contributed by atoms with Gasteiger partial charge in [-0.05, 0) is 37.2 Å². The molecule has 118 valence electrons. The molecule has 2 aromatic carbocycles. The fraction of sp³-hybridized carbons (Fsp3) is 0.136. The smallest absolute Gasteiger partial charge is 0.121 e. The maximum absolute atomic E-state index is 4.64. The molecule has 0 atom stereocenters. The van der Waals surface area contributed by atoms with Crippen LogP contribution in [-0.2, 0) is 0 Å². The van der Waals surface area contributed by atoms with Crippen molar-refractivity contribution in [3.05, 3.63) is 78.6 Å². The van der Waals surface area contributed by atoms with E-state index in [0.717, 1.165) is 34.5 Å². The van der Waals surface area contributed by atoms with Crippen molar-refractivity contribution in [1.29, 1.82) is 0 Å². The van der Waals surface area contributed by atoms with Gasteiger partial charge in [0.2, 0.25) is 0 Å². The number of aromatic nitrogens is 1. The van der Waals surface area contributed by atoms with Crippen molar-refractivity contribution in [2.75, 3.05) is 20.6 Å². The summed E-state index contributed by atoms with van der Waals surface area (Å²) in [5.74, 6) is 6.40. The molecule has 2 heteroatoms. The van der Waals surface area contributed by atoms with Crippen LogP contribution in [0.2, 0.25) is 0 Å². The van der Waals surface area contributed by atoms with Crippen molar-refractivity contribution < 1.29 is 0 Å². The predicted octanol–water partition coefficient (Wildman–Crippen LogP) is 4.33. The highest BCUT2D eigenvalue weighted by Gasteiger charge is 2.07. The summed E-state index contributed by atoms with van der Waals surface area (Å²) >= 11 is 0. The normalized spacial score (nSPS) is 10.3. The fourth-order valence-corrected chi connectivity index (χ4v) is 2.47. The Kier molecular flexibility index (Phi) is 5.05. The molecule has 0 aliphatic heterocycles. The molecule has 0 saturated heterocycles. The van der Waals surface area contributed by atoms with E-state index in [1.54, 1.807) is 0 Å². The number of nitrogens with zero attached hydrogens (tertiary/aromatic N) is 2. The molecule has 0 amide bonds. The summed E-state index contributed by atoms with van der Waals surface area (Å²) in [6, 6.07) is 22.8. The van der Waals surface area contributed by atoms with Crippen LogP contribution in [0.3, 0.4) is 0 Å². The zero-order valence-corrected chi connectivity index (χ0v) is 14.0. The van der Waals surface area contributed by atoms with E-state index in [-0.39, 0.29) is 0 Å². The van der Waals surface area contributed by atoms with Gasteiger partial charge < -0.3 is 0 Å². The van der Waals surface area contributed by atoms with Crippen LogP contribution in [0.25, 0.3) is 22.3 Å². The van der Waals surface area contributed by atoms with E-state index in [0.29, 0.717) is 0 Å². The molecule has 0 fully saturated rings. The number of benzene rings is 2. The lowest BCUT2D eigenvalue weighted by Gasteiger charge is -2.08. The molecule has 24 heavy (non-hydrogen) atoms. The third-order valence-electron chi connectivity index (χ3n) is 3.68. The van der Waals surface area contributed by atoms with Gasteiger partial charge in [0.25, 0.3) is 0 Å². The van der Waals surface area contributed by atoms with Crippen LogP contribution in [-0.4, -0.2) is 30.5 Å². The van der Waals surface area contributed by atoms with E-state index < -0.39 is 0 Å². The monoisotopic (exact) mass is 312 g/mol. The molecule has 1 aromatic heterocycles. The van der Waals surface area contributed by atoms with Crippen molar-refractivity contribution >= 4 is 0 Å². The minimum Gasteiger partial charge on any atom is -0.299 e. The largest absolute Gasteiger partial charge is 0.299 e. The van der Waals surface area contributed by atoms with E-state index in [1.807, 2.05) is 61.6 Å². The first-order chi connectivity index (χ1) is 11.7. The average Bonchev–Trinajstić information content (AvgIpc) is 2.63. The van der Waals surface area contributed by atoms with E-state index in [9.17, 15) is 0 Å². The van der Waals surface area contributed by atoms with Crippen LogP contribution in [0.1, 0.15) is 5.69 Å². The van der Waals surface area contributed by atoms with Gasteiger partial charge in [-0.3, -0.25) is 4.90 Å².